The SMILES string of the molecule is CCNC(=NCC(C)(C)OC)NCCN1CCc2cc(OC)c(OC)cc2C1. The maximum Gasteiger partial charge on any atom is 0.191 e. The van der Waals surface area contributed by atoms with Crippen molar-refractivity contribution in [1.82, 2.24) is 15.5 Å². The highest BCUT2D eigenvalue weighted by Gasteiger charge is 2.19. The van der Waals surface area contributed by atoms with E-state index in [1.807, 2.05) is 13.8 Å². The fourth-order valence-corrected chi connectivity index (χ4v) is 3.14. The molecule has 158 valence electrons. The van der Waals surface area contributed by atoms with Crippen LogP contribution in [0.2, 0.25) is 0 Å². The lowest BCUT2D eigenvalue weighted by Gasteiger charge is -2.29. The highest BCUT2D eigenvalue weighted by atomic mass is 16.5. The molecule has 0 atom stereocenters. The molecular formula is C21H36N4O3. The molecule has 1 aromatic rings. The van der Waals surface area contributed by atoms with Gasteiger partial charge in [0, 0.05) is 39.8 Å². The second-order valence-electron chi connectivity index (χ2n) is 7.59. The Morgan fingerprint density at radius 3 is 2.39 bits per heavy atom. The van der Waals surface area contributed by atoms with Gasteiger partial charge in [-0.1, -0.05) is 0 Å². The Hall–Kier alpha value is -1.99. The second-order valence-corrected chi connectivity index (χ2v) is 7.59. The van der Waals surface area contributed by atoms with E-state index in [2.05, 4.69) is 39.6 Å². The molecule has 0 bridgehead atoms. The zero-order valence-corrected chi connectivity index (χ0v) is 18.2. The van der Waals surface area contributed by atoms with Crippen LogP contribution in [-0.4, -0.2) is 70.5 Å². The smallest absolute Gasteiger partial charge is 0.191 e. The van der Waals surface area contributed by atoms with Crippen LogP contribution in [0.25, 0.3) is 0 Å². The van der Waals surface area contributed by atoms with Crippen LogP contribution in [0.15, 0.2) is 17.1 Å². The first-order valence-electron chi connectivity index (χ1n) is 9.96. The number of hydrogen-bond acceptors (Lipinski definition) is 5. The summed E-state index contributed by atoms with van der Waals surface area (Å²) < 4.78 is 16.3. The second kappa shape index (κ2) is 10.5. The standard InChI is InChI=1S/C21H36N4O3/c1-7-22-20(24-15-21(2,3)28-6)23-9-11-25-10-8-16-12-18(26-4)19(27-5)13-17(16)14-25/h12-13H,7-11,14-15H2,1-6H3,(H2,22,23,24). The average molecular weight is 393 g/mol. The predicted molar refractivity (Wildman–Crippen MR) is 114 cm³/mol. The molecule has 0 radical (unpaired) electrons. The Kier molecular flexibility index (Phi) is 8.38. The van der Waals surface area contributed by atoms with Crippen LogP contribution >= 0.6 is 0 Å². The van der Waals surface area contributed by atoms with E-state index < -0.39 is 0 Å². The molecular weight excluding hydrogens is 356 g/mol. The number of fused-ring (bicyclic) bond motifs is 1. The van der Waals surface area contributed by atoms with Crippen molar-refractivity contribution >= 4 is 5.96 Å². The van der Waals surface area contributed by atoms with E-state index in [1.54, 1.807) is 21.3 Å². The summed E-state index contributed by atoms with van der Waals surface area (Å²) in [5.74, 6) is 2.43. The fraction of sp³-hybridized carbons (Fsp3) is 0.667. The van der Waals surface area contributed by atoms with Crippen molar-refractivity contribution in [3.8, 4) is 11.5 Å². The lowest BCUT2D eigenvalue weighted by molar-refractivity contribution is 0.0310. The maximum absolute atomic E-state index is 5.45. The van der Waals surface area contributed by atoms with Crippen LogP contribution in [0.4, 0.5) is 0 Å². The molecule has 0 fully saturated rings. The van der Waals surface area contributed by atoms with Gasteiger partial charge in [0.25, 0.3) is 0 Å². The quantitative estimate of drug-likeness (QED) is 0.495. The van der Waals surface area contributed by atoms with E-state index in [4.69, 9.17) is 14.2 Å². The fourth-order valence-electron chi connectivity index (χ4n) is 3.14. The van der Waals surface area contributed by atoms with E-state index >= 15 is 0 Å². The number of methoxy groups -OCH3 is 3. The van der Waals surface area contributed by atoms with Gasteiger partial charge in [0.2, 0.25) is 0 Å². The van der Waals surface area contributed by atoms with Crippen LogP contribution in [0, 0.1) is 0 Å². The minimum atomic E-state index is -0.265. The van der Waals surface area contributed by atoms with Crippen LogP contribution in [-0.2, 0) is 17.7 Å². The summed E-state index contributed by atoms with van der Waals surface area (Å²) in [5.41, 5.74) is 2.39. The number of hydrogen-bond donors (Lipinski definition) is 2. The molecule has 7 heteroatoms. The summed E-state index contributed by atoms with van der Waals surface area (Å²) in [6, 6.07) is 4.21. The number of guanidine groups is 1. The summed E-state index contributed by atoms with van der Waals surface area (Å²) in [4.78, 5) is 7.09. The molecule has 1 aromatic carbocycles. The van der Waals surface area contributed by atoms with E-state index in [1.165, 1.54) is 11.1 Å². The third-order valence-electron chi connectivity index (χ3n) is 5.03. The third kappa shape index (κ3) is 6.27. The van der Waals surface area contributed by atoms with Gasteiger partial charge in [0.15, 0.2) is 17.5 Å². The van der Waals surface area contributed by atoms with Crippen molar-refractivity contribution in [3.05, 3.63) is 23.3 Å². The summed E-state index contributed by atoms with van der Waals surface area (Å²) in [5, 5.41) is 6.72. The van der Waals surface area contributed by atoms with Gasteiger partial charge >= 0.3 is 0 Å². The van der Waals surface area contributed by atoms with E-state index in [9.17, 15) is 0 Å². The van der Waals surface area contributed by atoms with Gasteiger partial charge in [0.1, 0.15) is 0 Å². The molecule has 2 rings (SSSR count). The zero-order chi connectivity index (χ0) is 20.6. The van der Waals surface area contributed by atoms with Crippen LogP contribution in [0.5, 0.6) is 11.5 Å². The first-order valence-corrected chi connectivity index (χ1v) is 9.96. The average Bonchev–Trinajstić information content (AvgIpc) is 2.70. The van der Waals surface area contributed by atoms with Crippen LogP contribution in [0.1, 0.15) is 31.9 Å². The molecule has 7 nitrogen and oxygen atoms in total. The molecule has 0 unspecified atom stereocenters. The molecule has 0 saturated carbocycles. The minimum Gasteiger partial charge on any atom is -0.493 e. The topological polar surface area (TPSA) is 67.4 Å². The largest absolute Gasteiger partial charge is 0.493 e. The van der Waals surface area contributed by atoms with Gasteiger partial charge in [-0.3, -0.25) is 9.89 Å². The number of rotatable bonds is 9. The number of nitrogens with one attached hydrogen (secondary N) is 2. The van der Waals surface area contributed by atoms with Gasteiger partial charge in [0.05, 0.1) is 26.4 Å². The summed E-state index contributed by atoms with van der Waals surface area (Å²) >= 11 is 0. The van der Waals surface area contributed by atoms with Gasteiger partial charge < -0.3 is 24.8 Å². The summed E-state index contributed by atoms with van der Waals surface area (Å²) in [6.45, 7) is 11.3. The molecule has 1 aliphatic rings. The molecule has 1 aliphatic heterocycles. The first-order chi connectivity index (χ1) is 13.4. The molecule has 0 aromatic heterocycles. The predicted octanol–water partition coefficient (Wildman–Crippen LogP) is 2.04. The van der Waals surface area contributed by atoms with Crippen LogP contribution in [0.3, 0.4) is 0 Å². The van der Waals surface area contributed by atoms with E-state index in [0.717, 1.165) is 56.6 Å². The molecule has 2 N–H and O–H groups in total. The maximum atomic E-state index is 5.45. The van der Waals surface area contributed by atoms with Crippen molar-refractivity contribution in [3.63, 3.8) is 0 Å². The summed E-state index contributed by atoms with van der Waals surface area (Å²) in [6.07, 6.45) is 1.02. The Morgan fingerprint density at radius 2 is 1.79 bits per heavy atom. The Labute approximate surface area is 169 Å². The number of benzene rings is 1. The Morgan fingerprint density at radius 1 is 1.11 bits per heavy atom. The van der Waals surface area contributed by atoms with Crippen molar-refractivity contribution in [2.75, 3.05) is 54.1 Å². The highest BCUT2D eigenvalue weighted by Crippen LogP contribution is 2.33. The van der Waals surface area contributed by atoms with Gasteiger partial charge in [-0.05, 0) is 50.5 Å². The van der Waals surface area contributed by atoms with Gasteiger partial charge in [-0.15, -0.1) is 0 Å². The number of nitrogens with zero attached hydrogens (tertiary/aromatic N) is 2. The molecule has 1 heterocycles. The lowest BCUT2D eigenvalue weighted by Crippen LogP contribution is -2.43. The normalized spacial score (nSPS) is 15.1. The Balaban J connectivity index is 1.90. The summed E-state index contributed by atoms with van der Waals surface area (Å²) in [7, 11) is 5.08. The van der Waals surface area contributed by atoms with Gasteiger partial charge in [-0.2, -0.15) is 0 Å². The number of ether oxygens (including phenoxy) is 3. The first kappa shape index (κ1) is 22.3. The van der Waals surface area contributed by atoms with Crippen molar-refractivity contribution in [2.24, 2.45) is 4.99 Å². The van der Waals surface area contributed by atoms with Crippen molar-refractivity contribution < 1.29 is 14.2 Å². The van der Waals surface area contributed by atoms with Crippen LogP contribution < -0.4 is 20.1 Å². The highest BCUT2D eigenvalue weighted by molar-refractivity contribution is 5.79. The van der Waals surface area contributed by atoms with Gasteiger partial charge in [-0.25, -0.2) is 0 Å². The third-order valence-corrected chi connectivity index (χ3v) is 5.03. The molecule has 28 heavy (non-hydrogen) atoms. The molecule has 0 saturated heterocycles. The van der Waals surface area contributed by atoms with E-state index in [0.29, 0.717) is 6.54 Å². The van der Waals surface area contributed by atoms with Crippen molar-refractivity contribution in [2.45, 2.75) is 39.3 Å². The molecule has 0 amide bonds. The zero-order valence-electron chi connectivity index (χ0n) is 18.2. The monoisotopic (exact) mass is 392 g/mol. The van der Waals surface area contributed by atoms with E-state index in [-0.39, 0.29) is 5.60 Å². The molecule has 0 spiro atoms. The minimum absolute atomic E-state index is 0.265. The van der Waals surface area contributed by atoms with Crippen molar-refractivity contribution in [1.29, 1.82) is 0 Å². The Bertz CT molecular complexity index is 661. The lowest BCUT2D eigenvalue weighted by atomic mass is 9.99. The number of aliphatic imine (C=N–C) groups is 1. The molecule has 0 aliphatic carbocycles.